The number of aryl methyl sites for hydroxylation is 2. The fraction of sp³-hybridized carbons (Fsp3) is 0.308. The van der Waals surface area contributed by atoms with E-state index in [0.717, 1.165) is 30.8 Å². The Morgan fingerprint density at radius 2 is 2.00 bits per heavy atom. The van der Waals surface area contributed by atoms with Crippen molar-refractivity contribution in [3.05, 3.63) is 53.7 Å². The maximum atomic E-state index is 5.39. The van der Waals surface area contributed by atoms with Gasteiger partial charge in [0.05, 0.1) is 5.69 Å². The number of benzene rings is 1. The van der Waals surface area contributed by atoms with Crippen molar-refractivity contribution >= 4 is 0 Å². The first-order chi connectivity index (χ1) is 7.90. The van der Waals surface area contributed by atoms with Gasteiger partial charge in [0.25, 0.3) is 0 Å². The van der Waals surface area contributed by atoms with Crippen LogP contribution in [0.2, 0.25) is 0 Å². The van der Waals surface area contributed by atoms with Crippen LogP contribution >= 0.6 is 0 Å². The molecule has 0 atom stereocenters. The third-order valence-corrected chi connectivity index (χ3v) is 2.55. The summed E-state index contributed by atoms with van der Waals surface area (Å²) in [4.78, 5) is 4.19. The molecule has 0 saturated heterocycles. The number of hydrogen-bond donors (Lipinski definition) is 1. The molecule has 0 aliphatic heterocycles. The van der Waals surface area contributed by atoms with Crippen molar-refractivity contribution in [1.29, 1.82) is 0 Å². The van der Waals surface area contributed by atoms with Crippen molar-refractivity contribution in [1.82, 2.24) is 10.3 Å². The normalized spacial score (nSPS) is 10.6. The molecule has 0 saturated carbocycles. The van der Waals surface area contributed by atoms with Gasteiger partial charge in [-0.2, -0.15) is 0 Å². The lowest BCUT2D eigenvalue weighted by Gasteiger charge is -2.01. The first-order valence-electron chi connectivity index (χ1n) is 5.50. The summed E-state index contributed by atoms with van der Waals surface area (Å²) in [6.07, 6.45) is 3.42. The molecular weight excluding hydrogens is 200 g/mol. The molecule has 84 valence electrons. The maximum Gasteiger partial charge on any atom is 0.181 e. The molecule has 3 heteroatoms. The Morgan fingerprint density at radius 3 is 2.75 bits per heavy atom. The summed E-state index contributed by atoms with van der Waals surface area (Å²) in [5, 5.41) is 3.09. The molecule has 2 aromatic rings. The molecule has 0 radical (unpaired) electrons. The van der Waals surface area contributed by atoms with Crippen LogP contribution < -0.4 is 5.32 Å². The van der Waals surface area contributed by atoms with Gasteiger partial charge in [-0.05, 0) is 19.0 Å². The third kappa shape index (κ3) is 2.70. The van der Waals surface area contributed by atoms with Crippen molar-refractivity contribution < 1.29 is 4.42 Å². The molecule has 0 spiro atoms. The highest BCUT2D eigenvalue weighted by Gasteiger charge is 2.06. The first kappa shape index (κ1) is 10.9. The van der Waals surface area contributed by atoms with E-state index in [1.807, 2.05) is 13.1 Å². The molecule has 0 fully saturated rings. The van der Waals surface area contributed by atoms with Gasteiger partial charge in [-0.25, -0.2) is 4.98 Å². The zero-order valence-electron chi connectivity index (χ0n) is 9.44. The minimum Gasteiger partial charge on any atom is -0.448 e. The molecule has 0 aliphatic rings. The topological polar surface area (TPSA) is 38.1 Å². The molecule has 0 unspecified atom stereocenters. The number of rotatable bonds is 5. The van der Waals surface area contributed by atoms with Crippen LogP contribution in [0, 0.1) is 0 Å². The molecule has 2 rings (SSSR count). The van der Waals surface area contributed by atoms with Gasteiger partial charge in [0.1, 0.15) is 5.76 Å². The number of aromatic nitrogens is 1. The quantitative estimate of drug-likeness (QED) is 0.832. The SMILES string of the molecule is CNCc1ncoc1CCc1ccccc1. The van der Waals surface area contributed by atoms with Gasteiger partial charge in [-0.1, -0.05) is 30.3 Å². The van der Waals surface area contributed by atoms with E-state index in [-0.39, 0.29) is 0 Å². The van der Waals surface area contributed by atoms with Crippen LogP contribution in [0.5, 0.6) is 0 Å². The van der Waals surface area contributed by atoms with Gasteiger partial charge in [0, 0.05) is 13.0 Å². The van der Waals surface area contributed by atoms with E-state index in [0.29, 0.717) is 0 Å². The fourth-order valence-corrected chi connectivity index (χ4v) is 1.71. The number of oxazole rings is 1. The molecule has 0 amide bonds. The molecule has 1 heterocycles. The smallest absolute Gasteiger partial charge is 0.181 e. The lowest BCUT2D eigenvalue weighted by Crippen LogP contribution is -2.07. The summed E-state index contributed by atoms with van der Waals surface area (Å²) in [5.41, 5.74) is 2.34. The Labute approximate surface area is 95.5 Å². The average molecular weight is 216 g/mol. The Morgan fingerprint density at radius 1 is 1.19 bits per heavy atom. The van der Waals surface area contributed by atoms with Crippen molar-refractivity contribution in [3.8, 4) is 0 Å². The average Bonchev–Trinajstić information content (AvgIpc) is 2.76. The van der Waals surface area contributed by atoms with Crippen LogP contribution in [0.1, 0.15) is 17.0 Å². The van der Waals surface area contributed by atoms with Crippen LogP contribution in [0.25, 0.3) is 0 Å². The summed E-state index contributed by atoms with van der Waals surface area (Å²) < 4.78 is 5.39. The van der Waals surface area contributed by atoms with Crippen LogP contribution in [-0.4, -0.2) is 12.0 Å². The number of hydrogen-bond acceptors (Lipinski definition) is 3. The van der Waals surface area contributed by atoms with E-state index in [1.165, 1.54) is 12.0 Å². The number of nitrogens with zero attached hydrogens (tertiary/aromatic N) is 1. The third-order valence-electron chi connectivity index (χ3n) is 2.55. The largest absolute Gasteiger partial charge is 0.448 e. The Hall–Kier alpha value is -1.61. The second-order valence-corrected chi connectivity index (χ2v) is 3.74. The minimum atomic E-state index is 0.765. The highest BCUT2D eigenvalue weighted by molar-refractivity contribution is 5.17. The second-order valence-electron chi connectivity index (χ2n) is 3.74. The number of nitrogens with one attached hydrogen (secondary N) is 1. The standard InChI is InChI=1S/C13H16N2O/c1-14-9-12-13(16-10-15-12)8-7-11-5-3-2-4-6-11/h2-6,10,14H,7-9H2,1H3. The van der Waals surface area contributed by atoms with Crippen LogP contribution in [-0.2, 0) is 19.4 Å². The second kappa shape index (κ2) is 5.47. The predicted molar refractivity (Wildman–Crippen MR) is 63.1 cm³/mol. The van der Waals surface area contributed by atoms with E-state index in [9.17, 15) is 0 Å². The van der Waals surface area contributed by atoms with Gasteiger partial charge in [-0.3, -0.25) is 0 Å². The van der Waals surface area contributed by atoms with E-state index in [4.69, 9.17) is 4.42 Å². The van der Waals surface area contributed by atoms with Crippen molar-refractivity contribution in [2.24, 2.45) is 0 Å². The van der Waals surface area contributed by atoms with Crippen molar-refractivity contribution in [3.63, 3.8) is 0 Å². The predicted octanol–water partition coefficient (Wildman–Crippen LogP) is 2.18. The summed E-state index contributed by atoms with van der Waals surface area (Å²) in [6, 6.07) is 10.4. The Kier molecular flexibility index (Phi) is 3.72. The molecule has 1 N–H and O–H groups in total. The van der Waals surface area contributed by atoms with Gasteiger partial charge >= 0.3 is 0 Å². The van der Waals surface area contributed by atoms with Gasteiger partial charge in [-0.15, -0.1) is 0 Å². The lowest BCUT2D eigenvalue weighted by molar-refractivity contribution is 0.498. The Bertz CT molecular complexity index is 423. The van der Waals surface area contributed by atoms with Crippen LogP contribution in [0.15, 0.2) is 41.1 Å². The highest BCUT2D eigenvalue weighted by atomic mass is 16.3. The van der Waals surface area contributed by atoms with E-state index in [2.05, 4.69) is 34.6 Å². The van der Waals surface area contributed by atoms with Gasteiger partial charge < -0.3 is 9.73 Å². The fourth-order valence-electron chi connectivity index (χ4n) is 1.71. The van der Waals surface area contributed by atoms with Crippen molar-refractivity contribution in [2.45, 2.75) is 19.4 Å². The molecular formula is C13H16N2O. The Balaban J connectivity index is 1.97. The molecule has 1 aromatic heterocycles. The molecule has 0 aliphatic carbocycles. The molecule has 16 heavy (non-hydrogen) atoms. The van der Waals surface area contributed by atoms with Gasteiger partial charge in [0.2, 0.25) is 0 Å². The molecule has 3 nitrogen and oxygen atoms in total. The van der Waals surface area contributed by atoms with E-state index in [1.54, 1.807) is 0 Å². The maximum absolute atomic E-state index is 5.39. The van der Waals surface area contributed by atoms with E-state index < -0.39 is 0 Å². The van der Waals surface area contributed by atoms with Crippen LogP contribution in [0.3, 0.4) is 0 Å². The first-order valence-corrected chi connectivity index (χ1v) is 5.50. The van der Waals surface area contributed by atoms with E-state index >= 15 is 0 Å². The summed E-state index contributed by atoms with van der Waals surface area (Å²) in [5.74, 6) is 0.984. The molecule has 1 aromatic carbocycles. The monoisotopic (exact) mass is 216 g/mol. The zero-order chi connectivity index (χ0) is 11.2. The van der Waals surface area contributed by atoms with Crippen LogP contribution in [0.4, 0.5) is 0 Å². The summed E-state index contributed by atoms with van der Waals surface area (Å²) in [6.45, 7) is 0.765. The van der Waals surface area contributed by atoms with Gasteiger partial charge in [0.15, 0.2) is 6.39 Å². The molecule has 0 bridgehead atoms. The summed E-state index contributed by atoms with van der Waals surface area (Å²) in [7, 11) is 1.91. The zero-order valence-corrected chi connectivity index (χ0v) is 9.44. The minimum absolute atomic E-state index is 0.765. The lowest BCUT2D eigenvalue weighted by atomic mass is 10.1. The highest BCUT2D eigenvalue weighted by Crippen LogP contribution is 2.11. The van der Waals surface area contributed by atoms with Crippen molar-refractivity contribution in [2.75, 3.05) is 7.05 Å². The summed E-state index contributed by atoms with van der Waals surface area (Å²) >= 11 is 0.